The van der Waals surface area contributed by atoms with Gasteiger partial charge < -0.3 is 5.32 Å². The van der Waals surface area contributed by atoms with Crippen LogP contribution in [0.5, 0.6) is 0 Å². The highest BCUT2D eigenvalue weighted by atomic mass is 79.9. The largest absolute Gasteiger partial charge is 0.319 e. The van der Waals surface area contributed by atoms with E-state index in [0.717, 1.165) is 38.1 Å². The molecule has 0 spiro atoms. The highest BCUT2D eigenvalue weighted by Crippen LogP contribution is 2.25. The third-order valence-electron chi connectivity index (χ3n) is 4.88. The third-order valence-corrected chi connectivity index (χ3v) is 5.41. The average molecular weight is 461 g/mol. The lowest BCUT2D eigenvalue weighted by Crippen LogP contribution is -2.16. The summed E-state index contributed by atoms with van der Waals surface area (Å²) in [5, 5.41) is 7.52. The highest BCUT2D eigenvalue weighted by Gasteiger charge is 2.20. The maximum atomic E-state index is 13.0. The lowest BCUT2D eigenvalue weighted by molar-refractivity contribution is 0.101. The van der Waals surface area contributed by atoms with Crippen molar-refractivity contribution in [2.24, 2.45) is 0 Å². The molecule has 150 valence electrons. The number of amides is 1. The first-order valence-electron chi connectivity index (χ1n) is 9.60. The van der Waals surface area contributed by atoms with Gasteiger partial charge in [-0.2, -0.15) is 0 Å². The van der Waals surface area contributed by atoms with Crippen LogP contribution in [0.4, 0.5) is 5.69 Å². The van der Waals surface area contributed by atoms with Gasteiger partial charge in [0.05, 0.1) is 5.69 Å². The summed E-state index contributed by atoms with van der Waals surface area (Å²) >= 11 is 3.46. The Balaban J connectivity index is 1.78. The number of rotatable bonds is 4. The van der Waals surface area contributed by atoms with Crippen LogP contribution in [0.1, 0.15) is 27.3 Å². The first-order chi connectivity index (χ1) is 14.4. The standard InChI is InChI=1S/C24H21BrN4O/c1-15-6-4-9-18(14-15)23-27-22(28-29(23)20-12-10-19(25)11-13-20)24(30)26-21-16(2)7-5-8-17(21)3/h4-14H,1-3H3,(H,26,30). The molecule has 6 heteroatoms. The van der Waals surface area contributed by atoms with Crippen LogP contribution in [0.3, 0.4) is 0 Å². The third kappa shape index (κ3) is 4.04. The molecule has 0 bridgehead atoms. The summed E-state index contributed by atoms with van der Waals surface area (Å²) in [6.45, 7) is 5.96. The molecule has 0 radical (unpaired) electrons. The number of halogens is 1. The number of nitrogens with one attached hydrogen (secondary N) is 1. The molecule has 4 aromatic rings. The van der Waals surface area contributed by atoms with Gasteiger partial charge in [0.15, 0.2) is 5.82 Å². The van der Waals surface area contributed by atoms with E-state index in [1.807, 2.05) is 87.5 Å². The Morgan fingerprint density at radius 3 is 2.27 bits per heavy atom. The van der Waals surface area contributed by atoms with Gasteiger partial charge in [0, 0.05) is 15.7 Å². The molecule has 0 aliphatic carbocycles. The second-order valence-electron chi connectivity index (χ2n) is 7.24. The quantitative estimate of drug-likeness (QED) is 0.413. The van der Waals surface area contributed by atoms with Gasteiger partial charge >= 0.3 is 0 Å². The number of nitrogens with zero attached hydrogens (tertiary/aromatic N) is 3. The van der Waals surface area contributed by atoms with Crippen molar-refractivity contribution < 1.29 is 4.79 Å². The lowest BCUT2D eigenvalue weighted by Gasteiger charge is -2.09. The van der Waals surface area contributed by atoms with E-state index in [2.05, 4.69) is 31.3 Å². The number of hydrogen-bond donors (Lipinski definition) is 1. The average Bonchev–Trinajstić information content (AvgIpc) is 3.17. The van der Waals surface area contributed by atoms with Crippen LogP contribution in [0.25, 0.3) is 17.1 Å². The van der Waals surface area contributed by atoms with Crippen molar-refractivity contribution in [3.63, 3.8) is 0 Å². The second kappa shape index (κ2) is 8.24. The van der Waals surface area contributed by atoms with Gasteiger partial charge in [-0.05, 0) is 62.2 Å². The number of hydrogen-bond acceptors (Lipinski definition) is 3. The Bertz CT molecular complexity index is 1210. The molecule has 1 amide bonds. The van der Waals surface area contributed by atoms with Gasteiger partial charge in [0.2, 0.25) is 5.82 Å². The number of aryl methyl sites for hydroxylation is 3. The van der Waals surface area contributed by atoms with E-state index < -0.39 is 0 Å². The summed E-state index contributed by atoms with van der Waals surface area (Å²) in [6.07, 6.45) is 0. The molecule has 0 saturated carbocycles. The van der Waals surface area contributed by atoms with Crippen LogP contribution in [-0.2, 0) is 0 Å². The zero-order valence-electron chi connectivity index (χ0n) is 17.0. The summed E-state index contributed by atoms with van der Waals surface area (Å²) < 4.78 is 2.68. The SMILES string of the molecule is Cc1cccc(-c2nc(C(=O)Nc3c(C)cccc3C)nn2-c2ccc(Br)cc2)c1. The fraction of sp³-hybridized carbons (Fsp3) is 0.125. The van der Waals surface area contributed by atoms with E-state index in [0.29, 0.717) is 5.82 Å². The van der Waals surface area contributed by atoms with Gasteiger partial charge in [0.25, 0.3) is 5.91 Å². The molecule has 0 aliphatic heterocycles. The fourth-order valence-electron chi connectivity index (χ4n) is 3.32. The molecule has 1 heterocycles. The second-order valence-corrected chi connectivity index (χ2v) is 8.15. The molecule has 3 aromatic carbocycles. The molecule has 30 heavy (non-hydrogen) atoms. The number of carbonyl (C=O) groups is 1. The number of anilines is 1. The van der Waals surface area contributed by atoms with Crippen molar-refractivity contribution in [1.82, 2.24) is 14.8 Å². The normalized spacial score (nSPS) is 10.8. The smallest absolute Gasteiger partial charge is 0.295 e. The van der Waals surface area contributed by atoms with E-state index in [1.54, 1.807) is 4.68 Å². The summed E-state index contributed by atoms with van der Waals surface area (Å²) in [4.78, 5) is 17.6. The first kappa shape index (κ1) is 20.0. The number of aromatic nitrogens is 3. The zero-order chi connectivity index (χ0) is 21.3. The first-order valence-corrected chi connectivity index (χ1v) is 10.4. The predicted octanol–water partition coefficient (Wildman–Crippen LogP) is 5.87. The van der Waals surface area contributed by atoms with Crippen LogP contribution in [-0.4, -0.2) is 20.7 Å². The van der Waals surface area contributed by atoms with Crippen LogP contribution in [0.2, 0.25) is 0 Å². The summed E-state index contributed by atoms with van der Waals surface area (Å²) in [6, 6.07) is 21.7. The molecule has 0 atom stereocenters. The number of para-hydroxylation sites is 1. The highest BCUT2D eigenvalue weighted by molar-refractivity contribution is 9.10. The van der Waals surface area contributed by atoms with Gasteiger partial charge in [-0.25, -0.2) is 9.67 Å². The van der Waals surface area contributed by atoms with Crippen LogP contribution >= 0.6 is 15.9 Å². The van der Waals surface area contributed by atoms with Crippen molar-refractivity contribution in [3.05, 3.63) is 93.7 Å². The summed E-state index contributed by atoms with van der Waals surface area (Å²) in [5.74, 6) is 0.405. The molecule has 4 rings (SSSR count). The molecule has 0 unspecified atom stereocenters. The van der Waals surface area contributed by atoms with E-state index in [4.69, 9.17) is 0 Å². The summed E-state index contributed by atoms with van der Waals surface area (Å²) in [5.41, 5.74) is 5.62. The minimum atomic E-state index is -0.336. The number of carbonyl (C=O) groups excluding carboxylic acids is 1. The van der Waals surface area contributed by atoms with Gasteiger partial charge in [0.1, 0.15) is 0 Å². The Hall–Kier alpha value is -3.25. The molecule has 1 aromatic heterocycles. The predicted molar refractivity (Wildman–Crippen MR) is 123 cm³/mol. The molecular weight excluding hydrogens is 440 g/mol. The van der Waals surface area contributed by atoms with Crippen molar-refractivity contribution in [2.45, 2.75) is 20.8 Å². The van der Waals surface area contributed by atoms with Crippen LogP contribution in [0, 0.1) is 20.8 Å². The van der Waals surface area contributed by atoms with Gasteiger partial charge in [-0.15, -0.1) is 5.10 Å². The molecule has 5 nitrogen and oxygen atoms in total. The van der Waals surface area contributed by atoms with E-state index >= 15 is 0 Å². The van der Waals surface area contributed by atoms with Crippen molar-refractivity contribution >= 4 is 27.5 Å². The Labute approximate surface area is 183 Å². The van der Waals surface area contributed by atoms with Gasteiger partial charge in [-0.3, -0.25) is 4.79 Å². The maximum Gasteiger partial charge on any atom is 0.295 e. The molecule has 0 aliphatic rings. The van der Waals surface area contributed by atoms with Crippen LogP contribution in [0.15, 0.2) is 71.2 Å². The molecule has 0 fully saturated rings. The number of benzene rings is 3. The van der Waals surface area contributed by atoms with Gasteiger partial charge in [-0.1, -0.05) is 57.9 Å². The Morgan fingerprint density at radius 1 is 0.933 bits per heavy atom. The Kier molecular flexibility index (Phi) is 5.50. The Morgan fingerprint density at radius 2 is 1.60 bits per heavy atom. The van der Waals surface area contributed by atoms with Crippen molar-refractivity contribution in [2.75, 3.05) is 5.32 Å². The van der Waals surface area contributed by atoms with E-state index in [-0.39, 0.29) is 11.7 Å². The van der Waals surface area contributed by atoms with Crippen LogP contribution < -0.4 is 5.32 Å². The minimum absolute atomic E-state index is 0.122. The van der Waals surface area contributed by atoms with E-state index in [1.165, 1.54) is 0 Å². The fourth-order valence-corrected chi connectivity index (χ4v) is 3.59. The zero-order valence-corrected chi connectivity index (χ0v) is 18.6. The van der Waals surface area contributed by atoms with E-state index in [9.17, 15) is 4.79 Å². The van der Waals surface area contributed by atoms with Crippen molar-refractivity contribution in [1.29, 1.82) is 0 Å². The van der Waals surface area contributed by atoms with Crippen molar-refractivity contribution in [3.8, 4) is 17.1 Å². The maximum absolute atomic E-state index is 13.0. The monoisotopic (exact) mass is 460 g/mol. The minimum Gasteiger partial charge on any atom is -0.319 e. The molecule has 1 N–H and O–H groups in total. The molecular formula is C24H21BrN4O. The summed E-state index contributed by atoms with van der Waals surface area (Å²) in [7, 11) is 0. The molecule has 0 saturated heterocycles. The topological polar surface area (TPSA) is 59.8 Å². The lowest BCUT2D eigenvalue weighted by atomic mass is 10.1.